The van der Waals surface area contributed by atoms with Gasteiger partial charge in [0.15, 0.2) is 0 Å². The van der Waals surface area contributed by atoms with Crippen molar-refractivity contribution in [1.82, 2.24) is 5.32 Å². The zero-order valence-electron chi connectivity index (χ0n) is 12.4. The highest BCUT2D eigenvalue weighted by molar-refractivity contribution is 7.99. The van der Waals surface area contributed by atoms with Gasteiger partial charge in [-0.2, -0.15) is 0 Å². The highest BCUT2D eigenvalue weighted by Crippen LogP contribution is 2.28. The topological polar surface area (TPSA) is 55.1 Å². The molecular weight excluding hydrogens is 268 g/mol. The third-order valence-corrected chi connectivity index (χ3v) is 5.34. The Bertz CT molecular complexity index is 489. The number of thioether (sulfide) groups is 1. The fourth-order valence-electron chi connectivity index (χ4n) is 2.63. The van der Waals surface area contributed by atoms with Crippen molar-refractivity contribution >= 4 is 17.7 Å². The molecule has 0 radical (unpaired) electrons. The van der Waals surface area contributed by atoms with Crippen molar-refractivity contribution in [3.63, 3.8) is 0 Å². The number of amides is 1. The summed E-state index contributed by atoms with van der Waals surface area (Å²) in [5.74, 6) is 0.742. The number of aryl methyl sites for hydroxylation is 2. The van der Waals surface area contributed by atoms with Crippen molar-refractivity contribution in [1.29, 1.82) is 0 Å². The van der Waals surface area contributed by atoms with E-state index >= 15 is 0 Å². The Morgan fingerprint density at radius 2 is 2.15 bits per heavy atom. The molecule has 20 heavy (non-hydrogen) atoms. The molecule has 1 aliphatic carbocycles. The summed E-state index contributed by atoms with van der Waals surface area (Å²) in [4.78, 5) is 12.7. The lowest BCUT2D eigenvalue weighted by atomic mass is 9.96. The normalized spacial score (nSPS) is 16.7. The minimum absolute atomic E-state index is 0.275. The molecule has 1 atom stereocenters. The van der Waals surface area contributed by atoms with Gasteiger partial charge < -0.3 is 11.1 Å². The maximum absolute atomic E-state index is 11.4. The van der Waals surface area contributed by atoms with E-state index in [0.717, 1.165) is 18.6 Å². The zero-order valence-corrected chi connectivity index (χ0v) is 13.2. The zero-order chi connectivity index (χ0) is 14.6. The quantitative estimate of drug-likeness (QED) is 0.600. The summed E-state index contributed by atoms with van der Waals surface area (Å²) in [5.41, 5.74) is 7.88. The fraction of sp³-hybridized carbons (Fsp3) is 0.562. The van der Waals surface area contributed by atoms with E-state index in [1.807, 2.05) is 18.7 Å². The maximum atomic E-state index is 11.4. The Morgan fingerprint density at radius 3 is 2.85 bits per heavy atom. The third-order valence-electron chi connectivity index (χ3n) is 4.26. The molecule has 0 heterocycles. The molecule has 0 saturated carbocycles. The van der Waals surface area contributed by atoms with E-state index in [9.17, 15) is 4.79 Å². The molecule has 3 N–H and O–H groups in total. The van der Waals surface area contributed by atoms with Crippen LogP contribution in [0.4, 0.5) is 0 Å². The number of rotatable bonds is 7. The number of carbonyl (C=O) groups is 1. The summed E-state index contributed by atoms with van der Waals surface area (Å²) in [6.07, 6.45) is 5.50. The maximum Gasteiger partial charge on any atom is 0.237 e. The van der Waals surface area contributed by atoms with Crippen LogP contribution in [-0.4, -0.2) is 24.2 Å². The molecule has 0 spiro atoms. The number of benzene rings is 1. The molecule has 1 aromatic rings. The van der Waals surface area contributed by atoms with Gasteiger partial charge in [-0.05, 0) is 75.1 Å². The molecule has 1 amide bonds. The predicted octanol–water partition coefficient (Wildman–Crippen LogP) is 2.51. The first kappa shape index (κ1) is 15.4. The first-order valence-corrected chi connectivity index (χ1v) is 8.27. The van der Waals surface area contributed by atoms with Gasteiger partial charge in [0, 0.05) is 4.90 Å². The van der Waals surface area contributed by atoms with Gasteiger partial charge in [-0.15, -0.1) is 11.8 Å². The molecule has 0 bridgehead atoms. The average molecular weight is 292 g/mol. The van der Waals surface area contributed by atoms with Gasteiger partial charge in [-0.25, -0.2) is 0 Å². The highest BCUT2D eigenvalue weighted by atomic mass is 32.2. The second-order valence-corrected chi connectivity index (χ2v) is 6.85. The minimum Gasteiger partial charge on any atom is -0.368 e. The second kappa shape index (κ2) is 6.64. The van der Waals surface area contributed by atoms with E-state index in [4.69, 9.17) is 5.73 Å². The van der Waals surface area contributed by atoms with Crippen LogP contribution in [0.2, 0.25) is 0 Å². The number of nitrogens with two attached hydrogens (primary N) is 1. The summed E-state index contributed by atoms with van der Waals surface area (Å²) in [6, 6.07) is 6.82. The van der Waals surface area contributed by atoms with Gasteiger partial charge in [0.1, 0.15) is 0 Å². The number of hydrogen-bond acceptors (Lipinski definition) is 3. The van der Waals surface area contributed by atoms with Crippen LogP contribution in [0, 0.1) is 0 Å². The summed E-state index contributed by atoms with van der Waals surface area (Å²) in [5, 5.41) is 3.03. The number of likely N-dealkylation sites (N-methyl/N-ethyl adjacent to an activating group) is 1. The lowest BCUT2D eigenvalue weighted by molar-refractivity contribution is -0.123. The molecule has 2 rings (SSSR count). The molecule has 1 aliphatic rings. The summed E-state index contributed by atoms with van der Waals surface area (Å²) in [7, 11) is 1.79. The van der Waals surface area contributed by atoms with Crippen molar-refractivity contribution in [2.75, 3.05) is 12.8 Å². The van der Waals surface area contributed by atoms with Crippen LogP contribution < -0.4 is 11.1 Å². The number of nitrogens with one attached hydrogen (secondary N) is 1. The van der Waals surface area contributed by atoms with Crippen molar-refractivity contribution in [3.8, 4) is 0 Å². The number of fused-ring (bicyclic) bond motifs is 1. The molecular formula is C16H24N2OS. The second-order valence-electron chi connectivity index (χ2n) is 5.68. The number of hydrogen-bond donors (Lipinski definition) is 2. The molecule has 0 saturated heterocycles. The molecule has 0 fully saturated rings. The highest BCUT2D eigenvalue weighted by Gasteiger charge is 2.27. The molecule has 3 nitrogen and oxygen atoms in total. The Morgan fingerprint density at radius 1 is 1.40 bits per heavy atom. The Labute approximate surface area is 125 Å². The molecule has 0 aliphatic heterocycles. The smallest absolute Gasteiger partial charge is 0.237 e. The molecule has 110 valence electrons. The van der Waals surface area contributed by atoms with Crippen molar-refractivity contribution < 1.29 is 4.79 Å². The van der Waals surface area contributed by atoms with Gasteiger partial charge in [0.05, 0.1) is 5.54 Å². The molecule has 4 heteroatoms. The number of primary amides is 1. The van der Waals surface area contributed by atoms with Gasteiger partial charge in [0.2, 0.25) is 5.91 Å². The van der Waals surface area contributed by atoms with Gasteiger partial charge in [0.25, 0.3) is 0 Å². The number of carbonyl (C=O) groups excluding carboxylic acids is 1. The van der Waals surface area contributed by atoms with E-state index in [0.29, 0.717) is 0 Å². The molecule has 0 aromatic heterocycles. The van der Waals surface area contributed by atoms with E-state index in [2.05, 4.69) is 23.5 Å². The van der Waals surface area contributed by atoms with Gasteiger partial charge in [-0.3, -0.25) is 4.79 Å². The van der Waals surface area contributed by atoms with Crippen LogP contribution in [0.5, 0.6) is 0 Å². The van der Waals surface area contributed by atoms with Crippen LogP contribution >= 0.6 is 11.8 Å². The van der Waals surface area contributed by atoms with E-state index < -0.39 is 5.54 Å². The SMILES string of the molecule is CNC(C)(CCCSc1ccc2c(c1)CCC2)C(N)=O. The van der Waals surface area contributed by atoms with Crippen LogP contribution in [-0.2, 0) is 17.6 Å². The van der Waals surface area contributed by atoms with Crippen LogP contribution in [0.1, 0.15) is 37.3 Å². The van der Waals surface area contributed by atoms with E-state index in [1.54, 1.807) is 7.05 Å². The minimum atomic E-state index is -0.585. The van der Waals surface area contributed by atoms with Gasteiger partial charge in [-0.1, -0.05) is 6.07 Å². The Kier molecular flexibility index (Phi) is 5.11. The van der Waals surface area contributed by atoms with Gasteiger partial charge >= 0.3 is 0 Å². The average Bonchev–Trinajstić information content (AvgIpc) is 2.90. The van der Waals surface area contributed by atoms with Crippen LogP contribution in [0.3, 0.4) is 0 Å². The lowest BCUT2D eigenvalue weighted by Crippen LogP contribution is -2.51. The Balaban J connectivity index is 1.80. The third kappa shape index (κ3) is 3.55. The summed E-state index contributed by atoms with van der Waals surface area (Å²) < 4.78 is 0. The lowest BCUT2D eigenvalue weighted by Gasteiger charge is -2.25. The first-order valence-electron chi connectivity index (χ1n) is 7.28. The van der Waals surface area contributed by atoms with Crippen molar-refractivity contribution in [2.45, 2.75) is 49.5 Å². The van der Waals surface area contributed by atoms with E-state index in [-0.39, 0.29) is 5.91 Å². The Hall–Kier alpha value is -1.00. The first-order chi connectivity index (χ1) is 9.55. The predicted molar refractivity (Wildman–Crippen MR) is 85.1 cm³/mol. The monoisotopic (exact) mass is 292 g/mol. The standard InChI is InChI=1S/C16H24N2OS/c1-16(18-2,15(17)19)9-4-10-20-14-8-7-12-5-3-6-13(12)11-14/h7-8,11,18H,3-6,9-10H2,1-2H3,(H2,17,19). The molecule has 1 aromatic carbocycles. The van der Waals surface area contributed by atoms with E-state index in [1.165, 1.54) is 35.3 Å². The largest absolute Gasteiger partial charge is 0.368 e. The fourth-order valence-corrected chi connectivity index (χ4v) is 3.54. The van der Waals surface area contributed by atoms with Crippen LogP contribution in [0.25, 0.3) is 0 Å². The molecule has 1 unspecified atom stereocenters. The van der Waals surface area contributed by atoms with Crippen LogP contribution in [0.15, 0.2) is 23.1 Å². The van der Waals surface area contributed by atoms with Crippen molar-refractivity contribution in [3.05, 3.63) is 29.3 Å². The van der Waals surface area contributed by atoms with Crippen molar-refractivity contribution in [2.24, 2.45) is 5.73 Å². The summed E-state index contributed by atoms with van der Waals surface area (Å²) in [6.45, 7) is 1.87. The summed E-state index contributed by atoms with van der Waals surface area (Å²) >= 11 is 1.87.